The predicted octanol–water partition coefficient (Wildman–Crippen LogP) is 12.1. The van der Waals surface area contributed by atoms with E-state index in [-0.39, 0.29) is 0 Å². The third-order valence-corrected chi connectivity index (χ3v) is 9.17. The zero-order chi connectivity index (χ0) is 29.7. The van der Waals surface area contributed by atoms with Crippen molar-refractivity contribution in [1.29, 1.82) is 0 Å². The molecule has 0 N–H and O–H groups in total. The highest BCUT2D eigenvalue weighted by molar-refractivity contribution is 6.21. The lowest BCUT2D eigenvalue weighted by atomic mass is 9.85. The summed E-state index contributed by atoms with van der Waals surface area (Å²) in [7, 11) is 0. The molecule has 1 nitrogen and oxygen atoms in total. The number of aromatic nitrogens is 1. The molecule has 0 fully saturated rings. The summed E-state index contributed by atoms with van der Waals surface area (Å²) in [6.45, 7) is 0. The van der Waals surface area contributed by atoms with Gasteiger partial charge in [-0.2, -0.15) is 0 Å². The molecule has 0 amide bonds. The maximum absolute atomic E-state index is 2.37. The summed E-state index contributed by atoms with van der Waals surface area (Å²) in [5, 5.41) is 7.63. The van der Waals surface area contributed by atoms with E-state index in [1.54, 1.807) is 0 Å². The van der Waals surface area contributed by atoms with Gasteiger partial charge in [-0.25, -0.2) is 0 Å². The van der Waals surface area contributed by atoms with Gasteiger partial charge in [0.1, 0.15) is 0 Å². The molecule has 0 aliphatic heterocycles. The van der Waals surface area contributed by atoms with Gasteiger partial charge in [-0.3, -0.25) is 0 Å². The van der Waals surface area contributed by atoms with Gasteiger partial charge in [-0.15, -0.1) is 0 Å². The van der Waals surface area contributed by atoms with Gasteiger partial charge in [0.15, 0.2) is 0 Å². The number of hydrogen-bond donors (Lipinski definition) is 0. The first-order valence-corrected chi connectivity index (χ1v) is 15.5. The summed E-state index contributed by atoms with van der Waals surface area (Å²) in [6.07, 6.45) is 0. The lowest BCUT2D eigenvalue weighted by molar-refractivity contribution is 1.18. The molecular weight excluding hydrogens is 542 g/mol. The molecular formula is C44H29N. The van der Waals surface area contributed by atoms with Gasteiger partial charge in [0.25, 0.3) is 0 Å². The Kier molecular flexibility index (Phi) is 5.89. The quantitative estimate of drug-likeness (QED) is 0.185. The molecule has 1 heteroatoms. The van der Waals surface area contributed by atoms with Crippen LogP contribution in [-0.2, 0) is 0 Å². The Morgan fingerprint density at radius 2 is 0.733 bits per heavy atom. The summed E-state index contributed by atoms with van der Waals surface area (Å²) in [6, 6.07) is 63.9. The molecule has 0 aliphatic rings. The van der Waals surface area contributed by atoms with E-state index in [1.165, 1.54) is 82.4 Å². The SMILES string of the molecule is c1ccc(-c2c3ccccc3c(-c3cccc(-c4ccc5c(c4)c4ccccc4n5-c4ccccc4)c3)c3ccccc23)cc1. The molecule has 0 aliphatic carbocycles. The molecule has 210 valence electrons. The molecule has 0 spiro atoms. The van der Waals surface area contributed by atoms with Crippen LogP contribution >= 0.6 is 0 Å². The van der Waals surface area contributed by atoms with Gasteiger partial charge in [-0.1, -0.05) is 140 Å². The largest absolute Gasteiger partial charge is 0.309 e. The van der Waals surface area contributed by atoms with Gasteiger partial charge in [0, 0.05) is 16.5 Å². The fourth-order valence-corrected chi connectivity index (χ4v) is 7.22. The van der Waals surface area contributed by atoms with Crippen molar-refractivity contribution in [3.05, 3.63) is 176 Å². The van der Waals surface area contributed by atoms with Crippen LogP contribution in [-0.4, -0.2) is 4.57 Å². The highest BCUT2D eigenvalue weighted by Gasteiger charge is 2.17. The standard InChI is InChI=1S/C44H29N/c1-3-14-30(15-4-1)43-36-21-7-9-23-38(36)44(39-24-10-8-22-37(39)43)33-17-13-16-31(28-33)32-26-27-42-40(29-32)35-20-11-12-25-41(35)45(42)34-18-5-2-6-19-34/h1-29H. The minimum Gasteiger partial charge on any atom is -0.309 e. The average molecular weight is 572 g/mol. The molecule has 9 aromatic rings. The van der Waals surface area contributed by atoms with Crippen LogP contribution in [0.25, 0.3) is 82.4 Å². The molecule has 1 aromatic heterocycles. The Morgan fingerprint density at radius 1 is 0.267 bits per heavy atom. The first kappa shape index (κ1) is 25.6. The number of benzene rings is 8. The van der Waals surface area contributed by atoms with Crippen molar-refractivity contribution in [3.63, 3.8) is 0 Å². The summed E-state index contributed by atoms with van der Waals surface area (Å²) in [5.41, 5.74) is 11.1. The van der Waals surface area contributed by atoms with Crippen LogP contribution < -0.4 is 0 Å². The smallest absolute Gasteiger partial charge is 0.0541 e. The normalized spacial score (nSPS) is 11.6. The maximum atomic E-state index is 2.37. The summed E-state index contributed by atoms with van der Waals surface area (Å²) < 4.78 is 2.37. The molecule has 8 aromatic carbocycles. The van der Waals surface area contributed by atoms with Crippen LogP contribution in [0, 0.1) is 0 Å². The average Bonchev–Trinajstić information content (AvgIpc) is 3.45. The molecule has 0 radical (unpaired) electrons. The maximum Gasteiger partial charge on any atom is 0.0541 e. The highest BCUT2D eigenvalue weighted by Crippen LogP contribution is 2.44. The summed E-state index contributed by atoms with van der Waals surface area (Å²) >= 11 is 0. The van der Waals surface area contributed by atoms with Crippen molar-refractivity contribution in [1.82, 2.24) is 4.57 Å². The zero-order valence-electron chi connectivity index (χ0n) is 24.7. The van der Waals surface area contributed by atoms with Crippen molar-refractivity contribution in [3.8, 4) is 39.1 Å². The van der Waals surface area contributed by atoms with Crippen LogP contribution in [0.1, 0.15) is 0 Å². The van der Waals surface area contributed by atoms with Crippen LogP contribution in [0.4, 0.5) is 0 Å². The van der Waals surface area contributed by atoms with E-state index in [4.69, 9.17) is 0 Å². The van der Waals surface area contributed by atoms with Crippen molar-refractivity contribution in [2.24, 2.45) is 0 Å². The minimum atomic E-state index is 1.18. The monoisotopic (exact) mass is 571 g/mol. The van der Waals surface area contributed by atoms with Gasteiger partial charge >= 0.3 is 0 Å². The second kappa shape index (κ2) is 10.4. The van der Waals surface area contributed by atoms with Crippen molar-refractivity contribution in [2.45, 2.75) is 0 Å². The molecule has 0 saturated carbocycles. The Morgan fingerprint density at radius 3 is 1.40 bits per heavy atom. The Hall–Kier alpha value is -5.92. The lowest BCUT2D eigenvalue weighted by Crippen LogP contribution is -1.93. The highest BCUT2D eigenvalue weighted by atomic mass is 15.0. The van der Waals surface area contributed by atoms with Crippen LogP contribution in [0.15, 0.2) is 176 Å². The third-order valence-electron chi connectivity index (χ3n) is 9.17. The van der Waals surface area contributed by atoms with E-state index in [0.717, 1.165) is 0 Å². The molecule has 0 bridgehead atoms. The molecule has 1 heterocycles. The molecule has 0 unspecified atom stereocenters. The second-order valence-corrected chi connectivity index (χ2v) is 11.7. The van der Waals surface area contributed by atoms with Crippen LogP contribution in [0.2, 0.25) is 0 Å². The predicted molar refractivity (Wildman–Crippen MR) is 192 cm³/mol. The minimum absolute atomic E-state index is 1.18. The summed E-state index contributed by atoms with van der Waals surface area (Å²) in [5.74, 6) is 0. The number of para-hydroxylation sites is 2. The zero-order valence-corrected chi connectivity index (χ0v) is 24.7. The van der Waals surface area contributed by atoms with Crippen LogP contribution in [0.3, 0.4) is 0 Å². The van der Waals surface area contributed by atoms with E-state index in [2.05, 4.69) is 180 Å². The first-order valence-electron chi connectivity index (χ1n) is 15.5. The topological polar surface area (TPSA) is 4.93 Å². The third kappa shape index (κ3) is 4.09. The number of nitrogens with zero attached hydrogens (tertiary/aromatic N) is 1. The van der Waals surface area contributed by atoms with Gasteiger partial charge in [0.2, 0.25) is 0 Å². The Balaban J connectivity index is 1.26. The molecule has 45 heavy (non-hydrogen) atoms. The molecule has 0 saturated heterocycles. The van der Waals surface area contributed by atoms with E-state index in [1.807, 2.05) is 0 Å². The Labute approximate surface area is 262 Å². The van der Waals surface area contributed by atoms with Crippen molar-refractivity contribution < 1.29 is 0 Å². The van der Waals surface area contributed by atoms with E-state index in [9.17, 15) is 0 Å². The van der Waals surface area contributed by atoms with Crippen LogP contribution in [0.5, 0.6) is 0 Å². The number of hydrogen-bond acceptors (Lipinski definition) is 0. The number of rotatable bonds is 4. The summed E-state index contributed by atoms with van der Waals surface area (Å²) in [4.78, 5) is 0. The van der Waals surface area contributed by atoms with E-state index >= 15 is 0 Å². The fraction of sp³-hybridized carbons (Fsp3) is 0. The van der Waals surface area contributed by atoms with Gasteiger partial charge in [0.05, 0.1) is 11.0 Å². The van der Waals surface area contributed by atoms with Gasteiger partial charge in [-0.05, 0) is 91.3 Å². The van der Waals surface area contributed by atoms with Crippen molar-refractivity contribution in [2.75, 3.05) is 0 Å². The van der Waals surface area contributed by atoms with Crippen molar-refractivity contribution >= 4 is 43.4 Å². The Bertz CT molecular complexity index is 2460. The second-order valence-electron chi connectivity index (χ2n) is 11.7. The lowest BCUT2D eigenvalue weighted by Gasteiger charge is -2.18. The van der Waals surface area contributed by atoms with E-state index in [0.29, 0.717) is 0 Å². The number of fused-ring (bicyclic) bond motifs is 5. The van der Waals surface area contributed by atoms with E-state index < -0.39 is 0 Å². The molecule has 0 atom stereocenters. The fourth-order valence-electron chi connectivity index (χ4n) is 7.22. The molecule has 9 rings (SSSR count). The van der Waals surface area contributed by atoms with Gasteiger partial charge < -0.3 is 4.57 Å². The first-order chi connectivity index (χ1) is 22.3.